The second-order valence-corrected chi connectivity index (χ2v) is 3.58. The maximum atomic E-state index is 9.42. The summed E-state index contributed by atoms with van der Waals surface area (Å²) in [4.78, 5) is 4.39. The van der Waals surface area contributed by atoms with Gasteiger partial charge in [-0.05, 0) is 37.6 Å². The van der Waals surface area contributed by atoms with Gasteiger partial charge in [0.15, 0.2) is 0 Å². The average molecular weight is 187 g/mol. The second-order valence-electron chi connectivity index (χ2n) is 3.58. The van der Waals surface area contributed by atoms with Crippen LogP contribution < -0.4 is 0 Å². The van der Waals surface area contributed by atoms with Crippen LogP contribution in [0.5, 0.6) is 0 Å². The fourth-order valence-electron chi connectivity index (χ4n) is 1.51. The molecule has 2 rings (SSSR count). The monoisotopic (exact) mass is 187 g/mol. The highest BCUT2D eigenvalue weighted by atomic mass is 16.3. The Hall–Kier alpha value is -1.41. The van der Waals surface area contributed by atoms with Crippen molar-refractivity contribution in [3.63, 3.8) is 0 Å². The molecule has 2 aromatic rings. The third-order valence-electron chi connectivity index (χ3n) is 2.33. The van der Waals surface area contributed by atoms with Crippen LogP contribution in [-0.4, -0.2) is 10.1 Å². The minimum absolute atomic E-state index is 0.416. The van der Waals surface area contributed by atoms with Crippen molar-refractivity contribution in [2.24, 2.45) is 0 Å². The van der Waals surface area contributed by atoms with Gasteiger partial charge >= 0.3 is 0 Å². The molecule has 0 saturated heterocycles. The summed E-state index contributed by atoms with van der Waals surface area (Å²) in [5.41, 5.74) is 2.93. The first kappa shape index (κ1) is 9.16. The van der Waals surface area contributed by atoms with E-state index in [1.54, 1.807) is 6.92 Å². The van der Waals surface area contributed by atoms with Crippen molar-refractivity contribution in [3.8, 4) is 0 Å². The van der Waals surface area contributed by atoms with Crippen LogP contribution in [-0.2, 0) is 0 Å². The third-order valence-corrected chi connectivity index (χ3v) is 2.33. The molecule has 0 amide bonds. The van der Waals surface area contributed by atoms with Gasteiger partial charge in [-0.15, -0.1) is 0 Å². The first-order chi connectivity index (χ1) is 6.66. The quantitative estimate of drug-likeness (QED) is 0.744. The molecule has 0 spiro atoms. The number of aromatic nitrogens is 1. The number of fused-ring (bicyclic) bond motifs is 1. The van der Waals surface area contributed by atoms with Gasteiger partial charge in [0.2, 0.25) is 0 Å². The Bertz CT molecular complexity index is 463. The molecule has 2 nitrogen and oxygen atoms in total. The second kappa shape index (κ2) is 3.39. The van der Waals surface area contributed by atoms with Crippen molar-refractivity contribution in [2.45, 2.75) is 20.0 Å². The van der Waals surface area contributed by atoms with E-state index in [1.165, 1.54) is 0 Å². The molecule has 0 radical (unpaired) electrons. The normalized spacial score (nSPS) is 13.1. The molecule has 0 aliphatic heterocycles. The fraction of sp³-hybridized carbons (Fsp3) is 0.250. The zero-order chi connectivity index (χ0) is 10.1. The summed E-state index contributed by atoms with van der Waals surface area (Å²) in [6, 6.07) is 9.86. The van der Waals surface area contributed by atoms with Crippen LogP contribution in [0.1, 0.15) is 24.3 Å². The van der Waals surface area contributed by atoms with Crippen molar-refractivity contribution in [2.75, 3.05) is 0 Å². The van der Waals surface area contributed by atoms with Crippen molar-refractivity contribution in [1.82, 2.24) is 4.98 Å². The fourth-order valence-corrected chi connectivity index (χ4v) is 1.51. The molecule has 1 aromatic heterocycles. The SMILES string of the molecule is Cc1ccc2cc(C(C)O)ccc2n1. The number of benzene rings is 1. The van der Waals surface area contributed by atoms with Gasteiger partial charge in [0.25, 0.3) is 0 Å². The maximum Gasteiger partial charge on any atom is 0.0762 e. The highest BCUT2D eigenvalue weighted by Crippen LogP contribution is 2.19. The van der Waals surface area contributed by atoms with E-state index in [0.29, 0.717) is 0 Å². The van der Waals surface area contributed by atoms with Gasteiger partial charge in [0, 0.05) is 11.1 Å². The molecule has 2 heteroatoms. The lowest BCUT2D eigenvalue weighted by molar-refractivity contribution is 0.199. The standard InChI is InChI=1S/C12H13NO/c1-8-3-4-11-7-10(9(2)14)5-6-12(11)13-8/h3-7,9,14H,1-2H3. The zero-order valence-electron chi connectivity index (χ0n) is 8.36. The summed E-state index contributed by atoms with van der Waals surface area (Å²) >= 11 is 0. The van der Waals surface area contributed by atoms with Gasteiger partial charge in [0.05, 0.1) is 11.6 Å². The molecule has 0 saturated carbocycles. The topological polar surface area (TPSA) is 33.1 Å². The first-order valence-electron chi connectivity index (χ1n) is 4.72. The number of rotatable bonds is 1. The average Bonchev–Trinajstić information content (AvgIpc) is 2.16. The summed E-state index contributed by atoms with van der Waals surface area (Å²) in [7, 11) is 0. The Morgan fingerprint density at radius 2 is 2.00 bits per heavy atom. The minimum Gasteiger partial charge on any atom is -0.389 e. The smallest absolute Gasteiger partial charge is 0.0762 e. The van der Waals surface area contributed by atoms with Gasteiger partial charge in [-0.2, -0.15) is 0 Å². The van der Waals surface area contributed by atoms with Gasteiger partial charge in [-0.1, -0.05) is 12.1 Å². The molecular formula is C12H13NO. The van der Waals surface area contributed by atoms with E-state index in [0.717, 1.165) is 22.2 Å². The molecule has 14 heavy (non-hydrogen) atoms. The number of aryl methyl sites for hydroxylation is 1. The predicted molar refractivity (Wildman–Crippen MR) is 57.1 cm³/mol. The highest BCUT2D eigenvalue weighted by molar-refractivity contribution is 5.79. The lowest BCUT2D eigenvalue weighted by Gasteiger charge is -2.05. The summed E-state index contributed by atoms with van der Waals surface area (Å²) in [5, 5.41) is 10.5. The van der Waals surface area contributed by atoms with Gasteiger partial charge < -0.3 is 5.11 Å². The molecule has 1 N–H and O–H groups in total. The van der Waals surface area contributed by atoms with Crippen molar-refractivity contribution < 1.29 is 5.11 Å². The largest absolute Gasteiger partial charge is 0.389 e. The van der Waals surface area contributed by atoms with Crippen LogP contribution in [0.15, 0.2) is 30.3 Å². The lowest BCUT2D eigenvalue weighted by atomic mass is 10.1. The van der Waals surface area contributed by atoms with E-state index in [1.807, 2.05) is 37.3 Å². The Kier molecular flexibility index (Phi) is 2.22. The summed E-state index contributed by atoms with van der Waals surface area (Å²) in [6.45, 7) is 3.74. The van der Waals surface area contributed by atoms with Crippen LogP contribution >= 0.6 is 0 Å². The van der Waals surface area contributed by atoms with Crippen molar-refractivity contribution in [3.05, 3.63) is 41.6 Å². The third kappa shape index (κ3) is 1.61. The molecule has 0 bridgehead atoms. The Balaban J connectivity index is 2.62. The molecule has 0 aliphatic rings. The number of pyridine rings is 1. The minimum atomic E-state index is -0.416. The van der Waals surface area contributed by atoms with Crippen LogP contribution in [0.2, 0.25) is 0 Å². The molecular weight excluding hydrogens is 174 g/mol. The molecule has 0 fully saturated rings. The van der Waals surface area contributed by atoms with E-state index in [-0.39, 0.29) is 0 Å². The van der Waals surface area contributed by atoms with E-state index in [4.69, 9.17) is 0 Å². The number of nitrogens with zero attached hydrogens (tertiary/aromatic N) is 1. The molecule has 1 unspecified atom stereocenters. The van der Waals surface area contributed by atoms with E-state index in [9.17, 15) is 5.11 Å². The van der Waals surface area contributed by atoms with Crippen molar-refractivity contribution >= 4 is 10.9 Å². The summed E-state index contributed by atoms with van der Waals surface area (Å²) in [6.07, 6.45) is -0.416. The maximum absolute atomic E-state index is 9.42. The number of aliphatic hydroxyl groups is 1. The first-order valence-corrected chi connectivity index (χ1v) is 4.72. The van der Waals surface area contributed by atoms with E-state index < -0.39 is 6.10 Å². The van der Waals surface area contributed by atoms with E-state index >= 15 is 0 Å². The molecule has 1 aromatic carbocycles. The Morgan fingerprint density at radius 3 is 2.71 bits per heavy atom. The zero-order valence-corrected chi connectivity index (χ0v) is 8.36. The lowest BCUT2D eigenvalue weighted by Crippen LogP contribution is -1.91. The van der Waals surface area contributed by atoms with Crippen LogP contribution in [0.4, 0.5) is 0 Å². The number of aliphatic hydroxyl groups excluding tert-OH is 1. The highest BCUT2D eigenvalue weighted by Gasteiger charge is 2.02. The van der Waals surface area contributed by atoms with Gasteiger partial charge in [0.1, 0.15) is 0 Å². The van der Waals surface area contributed by atoms with Gasteiger partial charge in [-0.3, -0.25) is 4.98 Å². The number of hydrogen-bond donors (Lipinski definition) is 1. The molecule has 0 aliphatic carbocycles. The molecule has 72 valence electrons. The summed E-state index contributed by atoms with van der Waals surface area (Å²) < 4.78 is 0. The van der Waals surface area contributed by atoms with Crippen LogP contribution in [0, 0.1) is 6.92 Å². The summed E-state index contributed by atoms with van der Waals surface area (Å²) in [5.74, 6) is 0. The van der Waals surface area contributed by atoms with Crippen LogP contribution in [0.25, 0.3) is 10.9 Å². The Morgan fingerprint density at radius 1 is 1.21 bits per heavy atom. The van der Waals surface area contributed by atoms with Crippen LogP contribution in [0.3, 0.4) is 0 Å². The number of hydrogen-bond acceptors (Lipinski definition) is 2. The predicted octanol–water partition coefficient (Wildman–Crippen LogP) is 2.60. The Labute approximate surface area is 83.2 Å². The van der Waals surface area contributed by atoms with Crippen molar-refractivity contribution in [1.29, 1.82) is 0 Å². The molecule has 1 heterocycles. The van der Waals surface area contributed by atoms with Gasteiger partial charge in [-0.25, -0.2) is 0 Å². The van der Waals surface area contributed by atoms with E-state index in [2.05, 4.69) is 4.98 Å². The molecule has 1 atom stereocenters.